The number of carbonyl (C=O) groups excluding carboxylic acids is 2. The second-order valence-corrected chi connectivity index (χ2v) is 5.55. The molecule has 0 aromatic heterocycles. The molecule has 5 nitrogen and oxygen atoms in total. The van der Waals surface area contributed by atoms with Gasteiger partial charge in [-0.1, -0.05) is 29.8 Å². The lowest BCUT2D eigenvalue weighted by molar-refractivity contribution is -0.116. The lowest BCUT2D eigenvalue weighted by Gasteiger charge is -2.11. The third-order valence-electron chi connectivity index (χ3n) is 3.48. The van der Waals surface area contributed by atoms with Crippen LogP contribution in [0.15, 0.2) is 42.5 Å². The molecule has 0 bridgehead atoms. The molecule has 0 atom stereocenters. The van der Waals surface area contributed by atoms with Crippen molar-refractivity contribution in [3.63, 3.8) is 0 Å². The summed E-state index contributed by atoms with van der Waals surface area (Å²) in [6, 6.07) is 12.3. The molecule has 0 saturated heterocycles. The average Bonchev–Trinajstić information content (AvgIpc) is 2.73. The van der Waals surface area contributed by atoms with Gasteiger partial charge in [0.15, 0.2) is 0 Å². The van der Waals surface area contributed by atoms with Gasteiger partial charge in [-0.2, -0.15) is 0 Å². The number of anilines is 1. The predicted molar refractivity (Wildman–Crippen MR) is 87.8 cm³/mol. The highest BCUT2D eigenvalue weighted by molar-refractivity contribution is 6.33. The Morgan fingerprint density at radius 2 is 2.09 bits per heavy atom. The lowest BCUT2D eigenvalue weighted by Crippen LogP contribution is -2.23. The van der Waals surface area contributed by atoms with E-state index in [1.165, 1.54) is 0 Å². The van der Waals surface area contributed by atoms with Crippen molar-refractivity contribution in [3.8, 4) is 5.75 Å². The molecule has 0 unspecified atom stereocenters. The fourth-order valence-corrected chi connectivity index (χ4v) is 2.52. The fourth-order valence-electron chi connectivity index (χ4n) is 2.30. The van der Waals surface area contributed by atoms with Gasteiger partial charge in [0.1, 0.15) is 5.75 Å². The Morgan fingerprint density at radius 3 is 2.91 bits per heavy atom. The summed E-state index contributed by atoms with van der Waals surface area (Å²) in [5, 5.41) is 6.02. The third-order valence-corrected chi connectivity index (χ3v) is 3.81. The van der Waals surface area contributed by atoms with Crippen molar-refractivity contribution in [2.75, 3.05) is 11.9 Å². The highest BCUT2D eigenvalue weighted by Gasteiger charge is 2.14. The zero-order chi connectivity index (χ0) is 16.2. The minimum Gasteiger partial charge on any atom is -0.491 e. The molecule has 2 N–H and O–H groups in total. The number of rotatable bonds is 3. The smallest absolute Gasteiger partial charge is 0.253 e. The highest BCUT2D eigenvalue weighted by Crippen LogP contribution is 2.28. The Morgan fingerprint density at radius 1 is 1.26 bits per heavy atom. The van der Waals surface area contributed by atoms with Crippen molar-refractivity contribution in [3.05, 3.63) is 58.6 Å². The average molecular weight is 331 g/mol. The van der Waals surface area contributed by atoms with Gasteiger partial charge in [-0.25, -0.2) is 0 Å². The summed E-state index contributed by atoms with van der Waals surface area (Å²) >= 11 is 6.01. The van der Waals surface area contributed by atoms with Crippen molar-refractivity contribution >= 4 is 29.1 Å². The van der Waals surface area contributed by atoms with Crippen molar-refractivity contribution in [2.45, 2.75) is 13.0 Å². The molecule has 2 aromatic carbocycles. The van der Waals surface area contributed by atoms with Crippen LogP contribution in [0.25, 0.3) is 0 Å². The summed E-state index contributed by atoms with van der Waals surface area (Å²) in [6.07, 6.45) is 0.327. The predicted octanol–water partition coefficient (Wildman–Crippen LogP) is 2.99. The zero-order valence-electron chi connectivity index (χ0n) is 12.3. The van der Waals surface area contributed by atoms with E-state index in [0.29, 0.717) is 41.6 Å². The maximum absolute atomic E-state index is 12.1. The standard InChI is InChI=1S/C17H15ClN2O3/c18-13-4-2-1-3-12(13)17(22)19-10-11-5-6-15-14(9-11)20-16(21)7-8-23-15/h1-6,9H,7-8,10H2,(H,19,22)(H,20,21). The molecule has 2 amide bonds. The van der Waals surface area contributed by atoms with Crippen LogP contribution in [0.2, 0.25) is 5.02 Å². The van der Waals surface area contributed by atoms with E-state index in [1.807, 2.05) is 6.07 Å². The lowest BCUT2D eigenvalue weighted by atomic mass is 10.1. The summed E-state index contributed by atoms with van der Waals surface area (Å²) in [5.41, 5.74) is 1.91. The molecule has 0 radical (unpaired) electrons. The van der Waals surface area contributed by atoms with Crippen LogP contribution in [0.3, 0.4) is 0 Å². The first-order chi connectivity index (χ1) is 11.1. The highest BCUT2D eigenvalue weighted by atomic mass is 35.5. The summed E-state index contributed by atoms with van der Waals surface area (Å²) in [7, 11) is 0. The molecule has 0 saturated carbocycles. The van der Waals surface area contributed by atoms with Crippen LogP contribution in [0.1, 0.15) is 22.3 Å². The maximum Gasteiger partial charge on any atom is 0.253 e. The molecular weight excluding hydrogens is 316 g/mol. The van der Waals surface area contributed by atoms with Crippen molar-refractivity contribution < 1.29 is 14.3 Å². The van der Waals surface area contributed by atoms with E-state index in [9.17, 15) is 9.59 Å². The van der Waals surface area contributed by atoms with Gasteiger partial charge in [0, 0.05) is 6.54 Å². The van der Waals surface area contributed by atoms with Gasteiger partial charge in [-0.3, -0.25) is 9.59 Å². The SMILES string of the molecule is O=C1CCOc2ccc(CNC(=O)c3ccccc3Cl)cc2N1. The van der Waals surface area contributed by atoms with Crippen LogP contribution in [-0.4, -0.2) is 18.4 Å². The van der Waals surface area contributed by atoms with E-state index in [-0.39, 0.29) is 11.8 Å². The topological polar surface area (TPSA) is 67.4 Å². The van der Waals surface area contributed by atoms with Crippen LogP contribution in [0.4, 0.5) is 5.69 Å². The number of nitrogens with one attached hydrogen (secondary N) is 2. The number of benzene rings is 2. The number of amides is 2. The van der Waals surface area contributed by atoms with E-state index >= 15 is 0 Å². The Labute approximate surface area is 138 Å². The molecule has 1 heterocycles. The van der Waals surface area contributed by atoms with Gasteiger partial charge in [0.25, 0.3) is 5.91 Å². The second kappa shape index (κ2) is 6.71. The molecule has 118 valence electrons. The molecule has 2 aromatic rings. The van der Waals surface area contributed by atoms with Gasteiger partial charge in [0.05, 0.1) is 29.3 Å². The minimum atomic E-state index is -0.245. The molecule has 23 heavy (non-hydrogen) atoms. The number of halogens is 1. The first-order valence-corrected chi connectivity index (χ1v) is 7.59. The Kier molecular flexibility index (Phi) is 4.48. The summed E-state index contributed by atoms with van der Waals surface area (Å²) in [5.74, 6) is 0.309. The van der Waals surface area contributed by atoms with E-state index in [4.69, 9.17) is 16.3 Å². The van der Waals surface area contributed by atoms with Crippen molar-refractivity contribution in [1.82, 2.24) is 5.32 Å². The molecular formula is C17H15ClN2O3. The minimum absolute atomic E-state index is 0.0824. The van der Waals surface area contributed by atoms with E-state index < -0.39 is 0 Å². The Balaban J connectivity index is 1.70. The molecule has 0 spiro atoms. The van der Waals surface area contributed by atoms with E-state index in [1.54, 1.807) is 36.4 Å². The first-order valence-electron chi connectivity index (χ1n) is 7.22. The van der Waals surface area contributed by atoms with Gasteiger partial charge in [0.2, 0.25) is 5.91 Å². The maximum atomic E-state index is 12.1. The molecule has 0 aliphatic carbocycles. The van der Waals surface area contributed by atoms with Gasteiger partial charge in [-0.05, 0) is 29.8 Å². The van der Waals surface area contributed by atoms with Crippen LogP contribution < -0.4 is 15.4 Å². The number of hydrogen-bond donors (Lipinski definition) is 2. The van der Waals surface area contributed by atoms with Gasteiger partial charge in [-0.15, -0.1) is 0 Å². The zero-order valence-corrected chi connectivity index (χ0v) is 13.0. The number of ether oxygens (including phenoxy) is 1. The quantitative estimate of drug-likeness (QED) is 0.909. The van der Waals surface area contributed by atoms with Crippen LogP contribution >= 0.6 is 11.6 Å². The summed E-state index contributed by atoms with van der Waals surface area (Å²) < 4.78 is 5.50. The largest absolute Gasteiger partial charge is 0.491 e. The molecule has 0 fully saturated rings. The number of hydrogen-bond acceptors (Lipinski definition) is 3. The summed E-state index contributed by atoms with van der Waals surface area (Å²) in [6.45, 7) is 0.689. The molecule has 1 aliphatic heterocycles. The molecule has 1 aliphatic rings. The van der Waals surface area contributed by atoms with Gasteiger partial charge >= 0.3 is 0 Å². The van der Waals surface area contributed by atoms with Crippen LogP contribution in [-0.2, 0) is 11.3 Å². The first kappa shape index (κ1) is 15.4. The number of carbonyl (C=O) groups is 2. The molecule has 3 rings (SSSR count). The Hall–Kier alpha value is -2.53. The normalized spacial score (nSPS) is 13.3. The van der Waals surface area contributed by atoms with Crippen molar-refractivity contribution in [2.24, 2.45) is 0 Å². The van der Waals surface area contributed by atoms with Crippen LogP contribution in [0.5, 0.6) is 5.75 Å². The summed E-state index contributed by atoms with van der Waals surface area (Å²) in [4.78, 5) is 23.7. The second-order valence-electron chi connectivity index (χ2n) is 5.14. The third kappa shape index (κ3) is 3.63. The van der Waals surface area contributed by atoms with E-state index in [2.05, 4.69) is 10.6 Å². The Bertz CT molecular complexity index is 761. The van der Waals surface area contributed by atoms with Gasteiger partial charge < -0.3 is 15.4 Å². The van der Waals surface area contributed by atoms with Crippen LogP contribution in [0, 0.1) is 0 Å². The van der Waals surface area contributed by atoms with Crippen molar-refractivity contribution in [1.29, 1.82) is 0 Å². The monoisotopic (exact) mass is 330 g/mol. The number of fused-ring (bicyclic) bond motifs is 1. The molecule has 6 heteroatoms. The fraction of sp³-hybridized carbons (Fsp3) is 0.176. The van der Waals surface area contributed by atoms with E-state index in [0.717, 1.165) is 5.56 Å².